The molecule has 0 spiro atoms. The van der Waals surface area contributed by atoms with E-state index in [4.69, 9.17) is 11.6 Å². The van der Waals surface area contributed by atoms with Crippen molar-refractivity contribution in [2.24, 2.45) is 5.92 Å². The fourth-order valence-corrected chi connectivity index (χ4v) is 2.06. The Bertz CT molecular complexity index is 409. The van der Waals surface area contributed by atoms with Crippen LogP contribution in [0.2, 0.25) is 0 Å². The van der Waals surface area contributed by atoms with Gasteiger partial charge in [0.1, 0.15) is 5.82 Å². The van der Waals surface area contributed by atoms with Crippen LogP contribution in [-0.4, -0.2) is 18.3 Å². The Balaban J connectivity index is 2.62. The zero-order valence-electron chi connectivity index (χ0n) is 10.8. The van der Waals surface area contributed by atoms with Gasteiger partial charge in [-0.3, -0.25) is 4.79 Å². The quantitative estimate of drug-likeness (QED) is 0.788. The maximum Gasteiger partial charge on any atom is 0.254 e. The van der Waals surface area contributed by atoms with Gasteiger partial charge < -0.3 is 5.32 Å². The Hall–Kier alpha value is -1.09. The van der Waals surface area contributed by atoms with Gasteiger partial charge in [-0.2, -0.15) is 0 Å². The molecule has 18 heavy (non-hydrogen) atoms. The first-order chi connectivity index (χ1) is 8.58. The molecule has 0 bridgehead atoms. The van der Waals surface area contributed by atoms with Crippen LogP contribution in [0.15, 0.2) is 18.2 Å². The highest BCUT2D eigenvalue weighted by Gasteiger charge is 2.13. The van der Waals surface area contributed by atoms with E-state index in [1.165, 1.54) is 6.07 Å². The van der Waals surface area contributed by atoms with Gasteiger partial charge in [-0.15, -0.1) is 11.6 Å². The number of hydrogen-bond donors (Lipinski definition) is 1. The average molecular weight is 272 g/mol. The molecule has 0 saturated carbocycles. The number of carbonyl (C=O) groups excluding carboxylic acids is 1. The van der Waals surface area contributed by atoms with E-state index in [0.717, 1.165) is 18.4 Å². The van der Waals surface area contributed by atoms with Crippen LogP contribution >= 0.6 is 11.6 Å². The first-order valence-corrected chi connectivity index (χ1v) is 6.72. The molecule has 0 fully saturated rings. The number of alkyl halides is 1. The van der Waals surface area contributed by atoms with Crippen LogP contribution in [0.3, 0.4) is 0 Å². The van der Waals surface area contributed by atoms with Gasteiger partial charge in [0.15, 0.2) is 0 Å². The van der Waals surface area contributed by atoms with Crippen molar-refractivity contribution in [3.8, 4) is 0 Å². The molecule has 1 rings (SSSR count). The molecule has 100 valence electrons. The molecule has 0 radical (unpaired) electrons. The third kappa shape index (κ3) is 4.30. The summed E-state index contributed by atoms with van der Waals surface area (Å²) in [5, 5.41) is 2.77. The average Bonchev–Trinajstić information content (AvgIpc) is 2.37. The maximum absolute atomic E-state index is 13.5. The molecule has 0 aromatic heterocycles. The Labute approximate surface area is 113 Å². The van der Waals surface area contributed by atoms with Gasteiger partial charge in [0.25, 0.3) is 5.91 Å². The molecule has 1 atom stereocenters. The number of benzene rings is 1. The highest BCUT2D eigenvalue weighted by molar-refractivity contribution is 6.17. The lowest BCUT2D eigenvalue weighted by molar-refractivity contribution is 0.0942. The Kier molecular flexibility index (Phi) is 6.13. The number of nitrogens with one attached hydrogen (secondary N) is 1. The number of halogens is 2. The molecule has 2 nitrogen and oxygen atoms in total. The van der Waals surface area contributed by atoms with Crippen molar-refractivity contribution < 1.29 is 9.18 Å². The van der Waals surface area contributed by atoms with E-state index >= 15 is 0 Å². The molecule has 1 unspecified atom stereocenters. The van der Waals surface area contributed by atoms with E-state index < -0.39 is 5.82 Å². The lowest BCUT2D eigenvalue weighted by Gasteiger charge is -2.14. The van der Waals surface area contributed by atoms with Gasteiger partial charge >= 0.3 is 0 Å². The highest BCUT2D eigenvalue weighted by atomic mass is 35.5. The second kappa shape index (κ2) is 7.37. The fourth-order valence-electron chi connectivity index (χ4n) is 1.75. The van der Waals surface area contributed by atoms with E-state index in [2.05, 4.69) is 12.2 Å². The molecule has 4 heteroatoms. The summed E-state index contributed by atoms with van der Waals surface area (Å²) in [4.78, 5) is 11.9. The molecule has 0 aliphatic carbocycles. The monoisotopic (exact) mass is 271 g/mol. The van der Waals surface area contributed by atoms with Crippen molar-refractivity contribution in [1.82, 2.24) is 5.32 Å². The van der Waals surface area contributed by atoms with Crippen LogP contribution in [0.1, 0.15) is 35.7 Å². The van der Waals surface area contributed by atoms with E-state index in [0.29, 0.717) is 18.3 Å². The lowest BCUT2D eigenvalue weighted by Crippen LogP contribution is -2.30. The first-order valence-electron chi connectivity index (χ1n) is 6.18. The van der Waals surface area contributed by atoms with Crippen molar-refractivity contribution in [3.05, 3.63) is 35.1 Å². The number of hydrogen-bond acceptors (Lipinski definition) is 1. The second-order valence-electron chi connectivity index (χ2n) is 4.45. The van der Waals surface area contributed by atoms with Crippen molar-refractivity contribution >= 4 is 17.5 Å². The topological polar surface area (TPSA) is 29.1 Å². The van der Waals surface area contributed by atoms with Crippen molar-refractivity contribution in [2.75, 3.05) is 12.4 Å². The van der Waals surface area contributed by atoms with Gasteiger partial charge in [0.05, 0.1) is 5.56 Å². The maximum atomic E-state index is 13.5. The normalized spacial score (nSPS) is 12.2. The summed E-state index contributed by atoms with van der Waals surface area (Å²) in [6.07, 6.45) is 1.80. The van der Waals surface area contributed by atoms with E-state index in [-0.39, 0.29) is 11.5 Å². The van der Waals surface area contributed by atoms with Gasteiger partial charge in [0, 0.05) is 12.4 Å². The van der Waals surface area contributed by atoms with Gasteiger partial charge in [-0.1, -0.05) is 25.0 Å². The second-order valence-corrected chi connectivity index (χ2v) is 4.82. The van der Waals surface area contributed by atoms with E-state index in [1.807, 2.05) is 6.92 Å². The van der Waals surface area contributed by atoms with Crippen LogP contribution < -0.4 is 5.32 Å². The van der Waals surface area contributed by atoms with Gasteiger partial charge in [-0.05, 0) is 31.4 Å². The molecule has 0 aliphatic rings. The van der Waals surface area contributed by atoms with Gasteiger partial charge in [0.2, 0.25) is 0 Å². The number of amides is 1. The largest absolute Gasteiger partial charge is 0.352 e. The zero-order valence-corrected chi connectivity index (χ0v) is 11.6. The van der Waals surface area contributed by atoms with E-state index in [1.54, 1.807) is 12.1 Å². The van der Waals surface area contributed by atoms with Crippen LogP contribution in [0.4, 0.5) is 4.39 Å². The Morgan fingerprint density at radius 2 is 2.22 bits per heavy atom. The van der Waals surface area contributed by atoms with Crippen molar-refractivity contribution in [2.45, 2.75) is 26.7 Å². The fraction of sp³-hybridized carbons (Fsp3) is 0.500. The number of carbonyl (C=O) groups is 1. The number of aryl methyl sites for hydroxylation is 1. The molecule has 0 aliphatic heterocycles. The summed E-state index contributed by atoms with van der Waals surface area (Å²) in [5.41, 5.74) is 0.977. The molecule has 1 aromatic rings. The molecule has 0 heterocycles. The minimum Gasteiger partial charge on any atom is -0.352 e. The molecule has 1 aromatic carbocycles. The Morgan fingerprint density at radius 1 is 1.50 bits per heavy atom. The molecular weight excluding hydrogens is 253 g/mol. The van der Waals surface area contributed by atoms with Crippen molar-refractivity contribution in [3.63, 3.8) is 0 Å². The molecule has 0 saturated heterocycles. The van der Waals surface area contributed by atoms with Crippen LogP contribution in [-0.2, 0) is 0 Å². The summed E-state index contributed by atoms with van der Waals surface area (Å²) in [6.45, 7) is 4.42. The summed E-state index contributed by atoms with van der Waals surface area (Å²) in [5.74, 6) is 0.0831. The van der Waals surface area contributed by atoms with Gasteiger partial charge in [-0.25, -0.2) is 4.39 Å². The minimum atomic E-state index is -0.483. The molecule has 1 N–H and O–H groups in total. The predicted octanol–water partition coefficient (Wildman–Crippen LogP) is 3.52. The highest BCUT2D eigenvalue weighted by Crippen LogP contribution is 2.11. The summed E-state index contributed by atoms with van der Waals surface area (Å²) >= 11 is 5.68. The SMILES string of the molecule is CCC(CCCl)CNC(=O)c1cc(C)ccc1F. The zero-order chi connectivity index (χ0) is 13.5. The van der Waals surface area contributed by atoms with Crippen LogP contribution in [0, 0.1) is 18.7 Å². The van der Waals surface area contributed by atoms with Crippen LogP contribution in [0.5, 0.6) is 0 Å². The first kappa shape index (κ1) is 15.0. The standard InChI is InChI=1S/C14H19ClFNO/c1-3-11(6-7-15)9-17-14(18)12-8-10(2)4-5-13(12)16/h4-5,8,11H,3,6-7,9H2,1-2H3,(H,17,18). The summed E-state index contributed by atoms with van der Waals surface area (Å²) in [7, 11) is 0. The number of rotatable bonds is 6. The van der Waals surface area contributed by atoms with Crippen molar-refractivity contribution in [1.29, 1.82) is 0 Å². The smallest absolute Gasteiger partial charge is 0.254 e. The summed E-state index contributed by atoms with van der Waals surface area (Å²) < 4.78 is 13.5. The van der Waals surface area contributed by atoms with E-state index in [9.17, 15) is 9.18 Å². The minimum absolute atomic E-state index is 0.107. The third-order valence-electron chi connectivity index (χ3n) is 3.01. The predicted molar refractivity (Wildman–Crippen MR) is 72.6 cm³/mol. The molecular formula is C14H19ClFNO. The summed E-state index contributed by atoms with van der Waals surface area (Å²) in [6, 6.07) is 4.53. The Morgan fingerprint density at radius 3 is 2.83 bits per heavy atom. The van der Waals surface area contributed by atoms with Crippen LogP contribution in [0.25, 0.3) is 0 Å². The molecule has 1 amide bonds. The lowest BCUT2D eigenvalue weighted by atomic mass is 10.0. The third-order valence-corrected chi connectivity index (χ3v) is 3.23.